The molecule has 0 spiro atoms. The Balaban J connectivity index is 1.98. The minimum atomic E-state index is 0.130. The Kier molecular flexibility index (Phi) is 3.92. The molecule has 1 aromatic heterocycles. The summed E-state index contributed by atoms with van der Waals surface area (Å²) in [6.45, 7) is 4.08. The lowest BCUT2D eigenvalue weighted by molar-refractivity contribution is -0.125. The maximum atomic E-state index is 11.9. The van der Waals surface area contributed by atoms with Crippen molar-refractivity contribution >= 4 is 5.78 Å². The molecule has 94 valence electrons. The van der Waals surface area contributed by atoms with Gasteiger partial charge in [0, 0.05) is 18.8 Å². The van der Waals surface area contributed by atoms with E-state index < -0.39 is 0 Å². The van der Waals surface area contributed by atoms with Crippen molar-refractivity contribution in [2.24, 2.45) is 11.8 Å². The molecule has 0 radical (unpaired) electrons. The molecule has 1 fully saturated rings. The SMILES string of the molecule is CCCC1CCC(=O)C(Cc2nonc2C)C1. The van der Waals surface area contributed by atoms with E-state index in [1.165, 1.54) is 12.8 Å². The Bertz CT molecular complexity index is 387. The first kappa shape index (κ1) is 12.3. The van der Waals surface area contributed by atoms with Gasteiger partial charge in [-0.1, -0.05) is 30.1 Å². The molecule has 0 saturated heterocycles. The monoisotopic (exact) mass is 236 g/mol. The Hall–Kier alpha value is -1.19. The van der Waals surface area contributed by atoms with Gasteiger partial charge in [-0.2, -0.15) is 0 Å². The van der Waals surface area contributed by atoms with Crippen LogP contribution in [-0.4, -0.2) is 16.1 Å². The van der Waals surface area contributed by atoms with Crippen molar-refractivity contribution in [3.8, 4) is 0 Å². The van der Waals surface area contributed by atoms with Crippen molar-refractivity contribution in [3.63, 3.8) is 0 Å². The number of nitrogens with zero attached hydrogens (tertiary/aromatic N) is 2. The fraction of sp³-hybridized carbons (Fsp3) is 0.769. The maximum Gasteiger partial charge on any atom is 0.136 e. The van der Waals surface area contributed by atoms with E-state index in [2.05, 4.69) is 21.9 Å². The number of aryl methyl sites for hydroxylation is 1. The lowest BCUT2D eigenvalue weighted by atomic mass is 9.76. The molecule has 4 nitrogen and oxygen atoms in total. The summed E-state index contributed by atoms with van der Waals surface area (Å²) in [6, 6.07) is 0. The zero-order valence-corrected chi connectivity index (χ0v) is 10.6. The maximum absolute atomic E-state index is 11.9. The summed E-state index contributed by atoms with van der Waals surface area (Å²) in [5, 5.41) is 7.64. The first-order valence-corrected chi connectivity index (χ1v) is 6.51. The van der Waals surface area contributed by atoms with E-state index in [1.807, 2.05) is 6.92 Å². The van der Waals surface area contributed by atoms with Gasteiger partial charge in [-0.05, 0) is 25.7 Å². The quantitative estimate of drug-likeness (QED) is 0.806. The van der Waals surface area contributed by atoms with Gasteiger partial charge in [-0.3, -0.25) is 4.79 Å². The standard InChI is InChI=1S/C13H20N2O2/c1-3-4-10-5-6-13(16)11(7-10)8-12-9(2)14-17-15-12/h10-11H,3-8H2,1-2H3. The molecule has 1 heterocycles. The molecule has 0 bridgehead atoms. The predicted octanol–water partition coefficient (Wildman–Crippen LogP) is 2.71. The second kappa shape index (κ2) is 5.43. The van der Waals surface area contributed by atoms with Gasteiger partial charge in [0.1, 0.15) is 17.2 Å². The van der Waals surface area contributed by atoms with Crippen molar-refractivity contribution in [2.75, 3.05) is 0 Å². The third kappa shape index (κ3) is 2.93. The van der Waals surface area contributed by atoms with Crippen LogP contribution in [0.3, 0.4) is 0 Å². The Morgan fingerprint density at radius 3 is 2.88 bits per heavy atom. The number of ketones is 1. The summed E-state index contributed by atoms with van der Waals surface area (Å²) >= 11 is 0. The van der Waals surface area contributed by atoms with E-state index >= 15 is 0 Å². The van der Waals surface area contributed by atoms with Crippen LogP contribution in [0.25, 0.3) is 0 Å². The van der Waals surface area contributed by atoms with Gasteiger partial charge in [0.2, 0.25) is 0 Å². The van der Waals surface area contributed by atoms with Gasteiger partial charge >= 0.3 is 0 Å². The zero-order valence-electron chi connectivity index (χ0n) is 10.6. The summed E-state index contributed by atoms with van der Waals surface area (Å²) in [4.78, 5) is 11.9. The minimum Gasteiger partial charge on any atom is -0.299 e. The van der Waals surface area contributed by atoms with Crippen molar-refractivity contribution < 1.29 is 9.42 Å². The van der Waals surface area contributed by atoms with Crippen LogP contribution in [0.4, 0.5) is 0 Å². The molecule has 2 unspecified atom stereocenters. The highest BCUT2D eigenvalue weighted by Gasteiger charge is 2.29. The van der Waals surface area contributed by atoms with Gasteiger partial charge in [0.25, 0.3) is 0 Å². The molecule has 2 atom stereocenters. The van der Waals surface area contributed by atoms with Crippen LogP contribution in [0.2, 0.25) is 0 Å². The highest BCUT2D eigenvalue weighted by molar-refractivity contribution is 5.82. The van der Waals surface area contributed by atoms with Crippen LogP contribution >= 0.6 is 0 Å². The lowest BCUT2D eigenvalue weighted by Crippen LogP contribution is -2.26. The number of aromatic nitrogens is 2. The molecule has 1 aliphatic carbocycles. The average molecular weight is 236 g/mol. The molecule has 0 aromatic carbocycles. The Morgan fingerprint density at radius 1 is 1.41 bits per heavy atom. The van der Waals surface area contributed by atoms with Gasteiger partial charge < -0.3 is 0 Å². The van der Waals surface area contributed by atoms with E-state index in [0.717, 1.165) is 30.7 Å². The van der Waals surface area contributed by atoms with Crippen LogP contribution in [0.5, 0.6) is 0 Å². The largest absolute Gasteiger partial charge is 0.299 e. The molecule has 1 aliphatic rings. The first-order valence-electron chi connectivity index (χ1n) is 6.51. The Morgan fingerprint density at radius 2 is 2.24 bits per heavy atom. The van der Waals surface area contributed by atoms with E-state index in [-0.39, 0.29) is 5.92 Å². The number of carbonyl (C=O) groups is 1. The zero-order chi connectivity index (χ0) is 12.3. The summed E-state index contributed by atoms with van der Waals surface area (Å²) in [5.74, 6) is 1.23. The molecular formula is C13H20N2O2. The van der Waals surface area contributed by atoms with Crippen LogP contribution < -0.4 is 0 Å². The first-order chi connectivity index (χ1) is 8.20. The van der Waals surface area contributed by atoms with Gasteiger partial charge in [-0.15, -0.1) is 0 Å². The molecule has 1 saturated carbocycles. The van der Waals surface area contributed by atoms with E-state index in [4.69, 9.17) is 0 Å². The molecular weight excluding hydrogens is 216 g/mol. The molecule has 0 N–H and O–H groups in total. The van der Waals surface area contributed by atoms with Crippen LogP contribution in [-0.2, 0) is 11.2 Å². The number of hydrogen-bond acceptors (Lipinski definition) is 4. The fourth-order valence-corrected chi connectivity index (χ4v) is 2.74. The molecule has 1 aromatic rings. The second-order valence-electron chi connectivity index (χ2n) is 5.09. The third-order valence-electron chi connectivity index (χ3n) is 3.76. The average Bonchev–Trinajstić information content (AvgIpc) is 2.70. The van der Waals surface area contributed by atoms with Crippen LogP contribution in [0.1, 0.15) is 50.4 Å². The van der Waals surface area contributed by atoms with Crippen LogP contribution in [0.15, 0.2) is 4.63 Å². The molecule has 17 heavy (non-hydrogen) atoms. The van der Waals surface area contributed by atoms with Crippen molar-refractivity contribution in [2.45, 2.75) is 52.4 Å². The van der Waals surface area contributed by atoms with Gasteiger partial charge in [0.05, 0.1) is 0 Å². The van der Waals surface area contributed by atoms with Crippen molar-refractivity contribution in [1.82, 2.24) is 10.3 Å². The number of carbonyl (C=O) groups excluding carboxylic acids is 1. The summed E-state index contributed by atoms with van der Waals surface area (Å²) in [6.07, 6.45) is 5.96. The van der Waals surface area contributed by atoms with Crippen molar-refractivity contribution in [3.05, 3.63) is 11.4 Å². The fourth-order valence-electron chi connectivity index (χ4n) is 2.74. The smallest absolute Gasteiger partial charge is 0.136 e. The van der Waals surface area contributed by atoms with E-state index in [0.29, 0.717) is 18.1 Å². The Labute approximate surface area is 102 Å². The highest BCUT2D eigenvalue weighted by atomic mass is 16.6. The summed E-state index contributed by atoms with van der Waals surface area (Å²) < 4.78 is 4.69. The number of rotatable bonds is 4. The van der Waals surface area contributed by atoms with E-state index in [1.54, 1.807) is 0 Å². The summed E-state index contributed by atoms with van der Waals surface area (Å²) in [5.41, 5.74) is 1.66. The number of Topliss-reactive ketones (excluding diaryl/α,β-unsaturated/α-hetero) is 1. The molecule has 0 amide bonds. The number of hydrogen-bond donors (Lipinski definition) is 0. The van der Waals surface area contributed by atoms with Crippen LogP contribution in [0, 0.1) is 18.8 Å². The second-order valence-corrected chi connectivity index (χ2v) is 5.09. The van der Waals surface area contributed by atoms with Gasteiger partial charge in [-0.25, -0.2) is 4.63 Å². The summed E-state index contributed by atoms with van der Waals surface area (Å²) in [7, 11) is 0. The van der Waals surface area contributed by atoms with E-state index in [9.17, 15) is 4.79 Å². The third-order valence-corrected chi connectivity index (χ3v) is 3.76. The minimum absolute atomic E-state index is 0.130. The highest BCUT2D eigenvalue weighted by Crippen LogP contribution is 2.31. The van der Waals surface area contributed by atoms with Gasteiger partial charge in [0.15, 0.2) is 0 Å². The molecule has 2 rings (SSSR count). The van der Waals surface area contributed by atoms with Crippen molar-refractivity contribution in [1.29, 1.82) is 0 Å². The molecule has 0 aliphatic heterocycles. The predicted molar refractivity (Wildman–Crippen MR) is 63.5 cm³/mol. The molecule has 4 heteroatoms. The normalized spacial score (nSPS) is 25.2. The lowest BCUT2D eigenvalue weighted by Gasteiger charge is -2.27. The topological polar surface area (TPSA) is 56.0 Å².